The van der Waals surface area contributed by atoms with Gasteiger partial charge in [-0.15, -0.1) is 0 Å². The van der Waals surface area contributed by atoms with E-state index in [1.54, 1.807) is 0 Å². The van der Waals surface area contributed by atoms with Crippen molar-refractivity contribution in [2.75, 3.05) is 0 Å². The summed E-state index contributed by atoms with van der Waals surface area (Å²) in [4.78, 5) is -0.278. The second-order valence-electron chi connectivity index (χ2n) is 0.899. The summed E-state index contributed by atoms with van der Waals surface area (Å²) in [6.07, 6.45) is 5.50. The molecule has 0 radical (unpaired) electrons. The Kier molecular flexibility index (Phi) is 9.01. The molecule has 0 spiro atoms. The third-order valence-electron chi connectivity index (χ3n) is 0.236. The first-order valence-corrected chi connectivity index (χ1v) is 15.2. The molecule has 1 aliphatic rings. The molecule has 0 nitrogen and oxygen atoms in total. The molecule has 0 saturated carbocycles. The number of hydrogen-bond donors (Lipinski definition) is 0. The first-order valence-electron chi connectivity index (χ1n) is 1.66. The molecule has 0 aliphatic heterocycles. The van der Waals surface area contributed by atoms with E-state index in [1.165, 1.54) is 6.42 Å². The Morgan fingerprint density at radius 1 is 1.14 bits per heavy atom. The van der Waals surface area contributed by atoms with Gasteiger partial charge in [-0.25, -0.2) is 0 Å². The van der Waals surface area contributed by atoms with Crippen molar-refractivity contribution in [2.45, 2.75) is 6.42 Å². The molecule has 42 valence electrons. The van der Waals surface area contributed by atoms with Crippen molar-refractivity contribution < 1.29 is 4.92 Å². The van der Waals surface area contributed by atoms with Crippen LogP contribution in [0.25, 0.3) is 0 Å². The normalized spacial score (nSPS) is 13.1. The van der Waals surface area contributed by atoms with E-state index in [9.17, 15) is 0 Å². The molecule has 0 N–H and O–H groups in total. The summed E-state index contributed by atoms with van der Waals surface area (Å²) < 4.78 is 0. The molecule has 0 bridgehead atoms. The third kappa shape index (κ3) is 29.3. The second-order valence-corrected chi connectivity index (χ2v) is 36.3. The zero-order chi connectivity index (χ0) is 5.70. The molecule has 0 saturated heterocycles. The van der Waals surface area contributed by atoms with Crippen molar-refractivity contribution >= 4 is 59.9 Å². The van der Waals surface area contributed by atoms with Crippen LogP contribution in [0.2, 0.25) is 0 Å². The number of hydrogen-bond acceptors (Lipinski definition) is 0. The number of halogens is 3. The summed E-state index contributed by atoms with van der Waals surface area (Å²) >= 11 is 7.39. The fourth-order valence-electron chi connectivity index (χ4n) is 0. The maximum absolute atomic E-state index is 2.46. The summed E-state index contributed by atoms with van der Waals surface area (Å²) in [5.74, 6) is 0. The minimum absolute atomic E-state index is 0.278. The van der Waals surface area contributed by atoms with E-state index in [0.29, 0.717) is 0 Å². The molecule has 1 aliphatic carbocycles. The van der Waals surface area contributed by atoms with Crippen LogP contribution in [0.4, 0.5) is 0 Å². The topological polar surface area (TPSA) is 0 Å². The summed E-state index contributed by atoms with van der Waals surface area (Å²) in [5, 5.41) is 0. The summed E-state index contributed by atoms with van der Waals surface area (Å²) in [7, 11) is 0. The number of rotatable bonds is 0. The molecule has 0 aromatic carbocycles. The van der Waals surface area contributed by atoms with Crippen molar-refractivity contribution in [3.05, 3.63) is 12.2 Å². The van der Waals surface area contributed by atoms with Crippen LogP contribution < -0.4 is 0 Å². The SMILES string of the molecule is C1=CC1.[I][V]([I])[I]. The van der Waals surface area contributed by atoms with Gasteiger partial charge in [0.1, 0.15) is 0 Å². The summed E-state index contributed by atoms with van der Waals surface area (Å²) in [6, 6.07) is 0. The fourth-order valence-corrected chi connectivity index (χ4v) is 0. The van der Waals surface area contributed by atoms with Gasteiger partial charge >= 0.3 is 64.9 Å². The van der Waals surface area contributed by atoms with Crippen molar-refractivity contribution in [3.8, 4) is 0 Å². The molecule has 0 heterocycles. The van der Waals surface area contributed by atoms with Crippen LogP contribution in [0.1, 0.15) is 6.42 Å². The second kappa shape index (κ2) is 6.63. The molecule has 0 atom stereocenters. The van der Waals surface area contributed by atoms with Crippen LogP contribution in [0, 0.1) is 0 Å². The van der Waals surface area contributed by atoms with E-state index < -0.39 is 0 Å². The van der Waals surface area contributed by atoms with E-state index in [1.807, 2.05) is 0 Å². The van der Waals surface area contributed by atoms with Gasteiger partial charge < -0.3 is 0 Å². The van der Waals surface area contributed by atoms with Crippen molar-refractivity contribution in [1.82, 2.24) is 0 Å². The van der Waals surface area contributed by atoms with E-state index in [0.717, 1.165) is 0 Å². The summed E-state index contributed by atoms with van der Waals surface area (Å²) in [6.45, 7) is 0. The quantitative estimate of drug-likeness (QED) is 0.374. The Labute approximate surface area is 81.6 Å². The zero-order valence-electron chi connectivity index (χ0n) is 3.44. The van der Waals surface area contributed by atoms with Gasteiger partial charge in [0.2, 0.25) is 0 Å². The van der Waals surface area contributed by atoms with E-state index in [-0.39, 0.29) is 4.92 Å². The van der Waals surface area contributed by atoms with E-state index in [4.69, 9.17) is 0 Å². The van der Waals surface area contributed by atoms with Crippen LogP contribution in [0.3, 0.4) is 0 Å². The van der Waals surface area contributed by atoms with Crippen LogP contribution in [0.15, 0.2) is 12.2 Å². The van der Waals surface area contributed by atoms with E-state index in [2.05, 4.69) is 72.1 Å². The van der Waals surface area contributed by atoms with Gasteiger partial charge in [0, 0.05) is 0 Å². The Morgan fingerprint density at radius 2 is 1.29 bits per heavy atom. The molecule has 0 fully saturated rings. The van der Waals surface area contributed by atoms with Crippen molar-refractivity contribution in [3.63, 3.8) is 0 Å². The van der Waals surface area contributed by atoms with Gasteiger partial charge in [-0.3, -0.25) is 0 Å². The first kappa shape index (κ1) is 9.51. The maximum atomic E-state index is 2.46. The van der Waals surface area contributed by atoms with Crippen molar-refractivity contribution in [1.29, 1.82) is 0 Å². The Bertz CT molecular complexity index is 54.4. The van der Waals surface area contributed by atoms with Crippen LogP contribution in [-0.2, 0) is 4.92 Å². The Hall–Kier alpha value is 2.51. The van der Waals surface area contributed by atoms with Crippen LogP contribution in [0.5, 0.6) is 0 Å². The van der Waals surface area contributed by atoms with Crippen LogP contribution >= 0.6 is 59.9 Å². The monoisotopic (exact) mass is 472 g/mol. The van der Waals surface area contributed by atoms with Gasteiger partial charge in [-0.05, 0) is 6.42 Å². The van der Waals surface area contributed by atoms with Crippen LogP contribution in [-0.4, -0.2) is 0 Å². The summed E-state index contributed by atoms with van der Waals surface area (Å²) in [5.41, 5.74) is 0. The van der Waals surface area contributed by atoms with E-state index >= 15 is 0 Å². The van der Waals surface area contributed by atoms with Gasteiger partial charge in [-0.1, -0.05) is 12.2 Å². The Morgan fingerprint density at radius 3 is 1.29 bits per heavy atom. The molecule has 1 rings (SSSR count). The predicted octanol–water partition coefficient (Wildman–Crippen LogP) is 3.60. The average Bonchev–Trinajstić information content (AvgIpc) is 2.02. The van der Waals surface area contributed by atoms with Crippen molar-refractivity contribution in [2.24, 2.45) is 0 Å². The zero-order valence-corrected chi connectivity index (χ0v) is 11.3. The minimum atomic E-state index is -0.278. The molecule has 4 heteroatoms. The molecule has 0 unspecified atom stereocenters. The fraction of sp³-hybridized carbons (Fsp3) is 0.333. The van der Waals surface area contributed by atoms with Gasteiger partial charge in [0.15, 0.2) is 0 Å². The molecular weight excluding hydrogens is 468 g/mol. The predicted molar refractivity (Wildman–Crippen MR) is 55.8 cm³/mol. The first-order chi connectivity index (χ1) is 3.23. The number of allylic oxidation sites excluding steroid dienone is 2. The molecule has 0 aromatic heterocycles. The molecule has 7 heavy (non-hydrogen) atoms. The molecule has 0 amide bonds. The average molecular weight is 472 g/mol. The Balaban J connectivity index is 0.000000105. The molecule has 0 aromatic rings. The standard InChI is InChI=1S/C3H4.3HI.V/c1-2-3-1;;;;/h1-2H,3H2;3*1H;/q;;;;+3/p-3. The molecular formula is C3H4I3V. The third-order valence-corrected chi connectivity index (χ3v) is 0.236. The van der Waals surface area contributed by atoms with Gasteiger partial charge in [0.25, 0.3) is 0 Å². The van der Waals surface area contributed by atoms with Gasteiger partial charge in [-0.2, -0.15) is 0 Å². The van der Waals surface area contributed by atoms with Gasteiger partial charge in [0.05, 0.1) is 0 Å².